The first-order chi connectivity index (χ1) is 10.6. The second kappa shape index (κ2) is 6.75. The lowest BCUT2D eigenvalue weighted by Gasteiger charge is -2.38. The SMILES string of the molecule is O=C(c1ccn(CC(F)F)n1)N1CCCC[C@H]2CCCC[C@H]21. The first-order valence-corrected chi connectivity index (χ1v) is 8.27. The maximum absolute atomic E-state index is 12.8. The third-order valence-electron chi connectivity index (χ3n) is 4.94. The lowest BCUT2D eigenvalue weighted by atomic mass is 9.81. The fourth-order valence-electron chi connectivity index (χ4n) is 3.91. The van der Waals surface area contributed by atoms with Crippen LogP contribution in [-0.4, -0.2) is 39.6 Å². The number of carbonyl (C=O) groups is 1. The zero-order chi connectivity index (χ0) is 15.5. The van der Waals surface area contributed by atoms with E-state index in [-0.39, 0.29) is 5.91 Å². The van der Waals surface area contributed by atoms with Crippen molar-refractivity contribution in [3.63, 3.8) is 0 Å². The molecule has 0 N–H and O–H groups in total. The molecule has 3 rings (SSSR count). The van der Waals surface area contributed by atoms with Crippen LogP contribution in [0.25, 0.3) is 0 Å². The fraction of sp³-hybridized carbons (Fsp3) is 0.750. The molecule has 2 aliphatic rings. The molecule has 1 aliphatic heterocycles. The second-order valence-corrected chi connectivity index (χ2v) is 6.42. The standard InChI is InChI=1S/C16H23F2N3O/c17-15(18)11-20-10-8-13(19-20)16(22)21-9-4-3-6-12-5-1-2-7-14(12)21/h8,10,12,14-15H,1-7,9,11H2/t12-,14-/m1/s1. The summed E-state index contributed by atoms with van der Waals surface area (Å²) in [7, 11) is 0. The number of rotatable bonds is 3. The van der Waals surface area contributed by atoms with Crippen LogP contribution in [0, 0.1) is 5.92 Å². The van der Waals surface area contributed by atoms with Crippen molar-refractivity contribution < 1.29 is 13.6 Å². The first-order valence-electron chi connectivity index (χ1n) is 8.27. The Morgan fingerprint density at radius 1 is 1.23 bits per heavy atom. The number of aromatic nitrogens is 2. The van der Waals surface area contributed by atoms with Gasteiger partial charge in [-0.05, 0) is 37.7 Å². The Labute approximate surface area is 129 Å². The summed E-state index contributed by atoms with van der Waals surface area (Å²) in [6, 6.07) is 1.87. The highest BCUT2D eigenvalue weighted by Gasteiger charge is 2.35. The van der Waals surface area contributed by atoms with E-state index in [4.69, 9.17) is 0 Å². The van der Waals surface area contributed by atoms with Crippen molar-refractivity contribution in [2.24, 2.45) is 5.92 Å². The fourth-order valence-corrected chi connectivity index (χ4v) is 3.91. The van der Waals surface area contributed by atoms with Gasteiger partial charge in [0.1, 0.15) is 12.2 Å². The third-order valence-corrected chi connectivity index (χ3v) is 4.94. The molecule has 2 atom stereocenters. The maximum Gasteiger partial charge on any atom is 0.274 e. The Balaban J connectivity index is 1.75. The maximum atomic E-state index is 12.8. The zero-order valence-electron chi connectivity index (χ0n) is 12.8. The normalized spacial score (nSPS) is 25.9. The van der Waals surface area contributed by atoms with Gasteiger partial charge >= 0.3 is 0 Å². The average molecular weight is 311 g/mol. The van der Waals surface area contributed by atoms with Crippen molar-refractivity contribution >= 4 is 5.91 Å². The zero-order valence-corrected chi connectivity index (χ0v) is 12.8. The number of carbonyl (C=O) groups excluding carboxylic acids is 1. The monoisotopic (exact) mass is 311 g/mol. The molecule has 1 saturated heterocycles. The van der Waals surface area contributed by atoms with Crippen molar-refractivity contribution in [1.29, 1.82) is 0 Å². The van der Waals surface area contributed by atoms with Gasteiger partial charge in [-0.1, -0.05) is 19.3 Å². The van der Waals surface area contributed by atoms with Gasteiger partial charge in [0.05, 0.1) is 0 Å². The molecule has 1 amide bonds. The lowest BCUT2D eigenvalue weighted by Crippen LogP contribution is -2.45. The molecule has 0 aromatic carbocycles. The van der Waals surface area contributed by atoms with E-state index < -0.39 is 13.0 Å². The van der Waals surface area contributed by atoms with Gasteiger partial charge in [-0.25, -0.2) is 8.78 Å². The molecule has 2 heterocycles. The third kappa shape index (κ3) is 3.31. The summed E-state index contributed by atoms with van der Waals surface area (Å²) in [5, 5.41) is 4.04. The van der Waals surface area contributed by atoms with E-state index in [1.54, 1.807) is 6.07 Å². The summed E-state index contributed by atoms with van der Waals surface area (Å²) < 4.78 is 26.0. The molecule has 1 aromatic heterocycles. The van der Waals surface area contributed by atoms with Gasteiger partial charge in [-0.15, -0.1) is 0 Å². The minimum absolute atomic E-state index is 0.0909. The highest BCUT2D eigenvalue weighted by atomic mass is 19.3. The van der Waals surface area contributed by atoms with E-state index in [9.17, 15) is 13.6 Å². The number of hydrogen-bond donors (Lipinski definition) is 0. The Kier molecular flexibility index (Phi) is 4.74. The van der Waals surface area contributed by atoms with Gasteiger partial charge in [0, 0.05) is 18.8 Å². The Hall–Kier alpha value is -1.46. The summed E-state index contributed by atoms with van der Waals surface area (Å²) in [5.41, 5.74) is 0.298. The molecule has 1 saturated carbocycles. The highest BCUT2D eigenvalue weighted by molar-refractivity contribution is 5.92. The highest BCUT2D eigenvalue weighted by Crippen LogP contribution is 2.35. The van der Waals surface area contributed by atoms with Gasteiger partial charge in [-0.2, -0.15) is 5.10 Å². The van der Waals surface area contributed by atoms with E-state index in [0.29, 0.717) is 17.7 Å². The minimum Gasteiger partial charge on any atom is -0.334 e. The van der Waals surface area contributed by atoms with Crippen molar-refractivity contribution in [2.45, 2.75) is 64.0 Å². The topological polar surface area (TPSA) is 38.1 Å². The van der Waals surface area contributed by atoms with Gasteiger partial charge in [0.25, 0.3) is 12.3 Å². The van der Waals surface area contributed by atoms with Crippen LogP contribution in [0.5, 0.6) is 0 Å². The quantitative estimate of drug-likeness (QED) is 0.859. The van der Waals surface area contributed by atoms with Crippen LogP contribution in [0.4, 0.5) is 8.78 Å². The summed E-state index contributed by atoms with van der Waals surface area (Å²) >= 11 is 0. The van der Waals surface area contributed by atoms with Crippen LogP contribution < -0.4 is 0 Å². The number of halogens is 2. The van der Waals surface area contributed by atoms with Gasteiger partial charge in [0.2, 0.25) is 0 Å². The van der Waals surface area contributed by atoms with E-state index in [0.717, 1.165) is 24.1 Å². The number of hydrogen-bond acceptors (Lipinski definition) is 2. The Morgan fingerprint density at radius 2 is 1.95 bits per heavy atom. The molecule has 0 spiro atoms. The number of fused-ring (bicyclic) bond motifs is 1. The van der Waals surface area contributed by atoms with E-state index >= 15 is 0 Å². The smallest absolute Gasteiger partial charge is 0.274 e. The predicted molar refractivity (Wildman–Crippen MR) is 78.9 cm³/mol. The van der Waals surface area contributed by atoms with Crippen LogP contribution in [-0.2, 0) is 6.54 Å². The van der Waals surface area contributed by atoms with Gasteiger partial charge in [-0.3, -0.25) is 9.48 Å². The molecule has 1 aromatic rings. The average Bonchev–Trinajstić information content (AvgIpc) is 2.84. The van der Waals surface area contributed by atoms with Crippen molar-refractivity contribution in [1.82, 2.24) is 14.7 Å². The summed E-state index contributed by atoms with van der Waals surface area (Å²) in [6.07, 6.45) is 7.11. The number of alkyl halides is 2. The van der Waals surface area contributed by atoms with Crippen molar-refractivity contribution in [3.05, 3.63) is 18.0 Å². The number of amides is 1. The van der Waals surface area contributed by atoms with Gasteiger partial charge < -0.3 is 4.90 Å². The van der Waals surface area contributed by atoms with Crippen molar-refractivity contribution in [2.75, 3.05) is 6.54 Å². The summed E-state index contributed by atoms with van der Waals surface area (Å²) in [5.74, 6) is 0.509. The molecule has 2 fully saturated rings. The predicted octanol–water partition coefficient (Wildman–Crippen LogP) is 3.33. The molecule has 0 bridgehead atoms. The second-order valence-electron chi connectivity index (χ2n) is 6.42. The molecule has 0 unspecified atom stereocenters. The molecule has 1 aliphatic carbocycles. The number of likely N-dealkylation sites (tertiary alicyclic amines) is 1. The summed E-state index contributed by atoms with van der Waals surface area (Å²) in [4.78, 5) is 14.7. The molecule has 4 nitrogen and oxygen atoms in total. The minimum atomic E-state index is -2.45. The van der Waals surface area contributed by atoms with Crippen LogP contribution >= 0.6 is 0 Å². The lowest BCUT2D eigenvalue weighted by molar-refractivity contribution is 0.0560. The molecular formula is C16H23F2N3O. The Bertz CT molecular complexity index is 517. The summed E-state index contributed by atoms with van der Waals surface area (Å²) in [6.45, 7) is 0.307. The van der Waals surface area contributed by atoms with E-state index in [1.165, 1.54) is 38.3 Å². The molecule has 22 heavy (non-hydrogen) atoms. The number of nitrogens with zero attached hydrogens (tertiary/aromatic N) is 3. The van der Waals surface area contributed by atoms with Crippen LogP contribution in [0.15, 0.2) is 12.3 Å². The molecular weight excluding hydrogens is 288 g/mol. The molecule has 122 valence electrons. The van der Waals surface area contributed by atoms with Crippen molar-refractivity contribution in [3.8, 4) is 0 Å². The van der Waals surface area contributed by atoms with E-state index in [2.05, 4.69) is 5.10 Å². The van der Waals surface area contributed by atoms with Crippen LogP contribution in [0.3, 0.4) is 0 Å². The van der Waals surface area contributed by atoms with Crippen LogP contribution in [0.2, 0.25) is 0 Å². The molecule has 6 heteroatoms. The van der Waals surface area contributed by atoms with Gasteiger partial charge in [0.15, 0.2) is 0 Å². The van der Waals surface area contributed by atoms with Crippen LogP contribution in [0.1, 0.15) is 55.4 Å². The molecule has 0 radical (unpaired) electrons. The Morgan fingerprint density at radius 3 is 2.73 bits per heavy atom. The van der Waals surface area contributed by atoms with E-state index in [1.807, 2.05) is 4.90 Å². The largest absolute Gasteiger partial charge is 0.334 e. The first kappa shape index (κ1) is 15.4.